The van der Waals surface area contributed by atoms with Crippen LogP contribution in [0.15, 0.2) is 24.4 Å². The van der Waals surface area contributed by atoms with E-state index in [0.29, 0.717) is 0 Å². The molecular weight excluding hydrogens is 230 g/mol. The average Bonchev–Trinajstić information content (AvgIpc) is 2.79. The lowest BCUT2D eigenvalue weighted by Gasteiger charge is -2.33. The second-order valence-electron chi connectivity index (χ2n) is 4.94. The van der Waals surface area contributed by atoms with Crippen molar-refractivity contribution in [1.29, 1.82) is 0 Å². The molecule has 0 aliphatic carbocycles. The fourth-order valence-electron chi connectivity index (χ4n) is 2.68. The van der Waals surface area contributed by atoms with E-state index in [1.165, 1.54) is 0 Å². The number of rotatable bonds is 2. The second kappa shape index (κ2) is 4.66. The number of hydrogen-bond donors (Lipinski definition) is 0. The van der Waals surface area contributed by atoms with E-state index in [4.69, 9.17) is 4.74 Å². The fraction of sp³-hybridized carbons (Fsp3) is 0.538. The standard InChI is InChI=1S/C13H17N3O2/c1-15-11-7-16(6-10-4-2-3-5-14-10)8-12(11)18-9-13(15)17/h2-5,11-12H,6-9H2,1H3/t11-,12+/m1/s1. The zero-order chi connectivity index (χ0) is 12.5. The van der Waals surface area contributed by atoms with E-state index in [-0.39, 0.29) is 24.7 Å². The SMILES string of the molecule is CN1C(=O)CO[C@H]2CN(Cc3ccccn3)C[C@H]21. The second-order valence-corrected chi connectivity index (χ2v) is 4.94. The van der Waals surface area contributed by atoms with Crippen molar-refractivity contribution in [2.45, 2.75) is 18.7 Å². The summed E-state index contributed by atoms with van der Waals surface area (Å²) in [5.41, 5.74) is 1.06. The van der Waals surface area contributed by atoms with Gasteiger partial charge in [-0.15, -0.1) is 0 Å². The normalized spacial score (nSPS) is 28.5. The first-order valence-electron chi connectivity index (χ1n) is 6.23. The Hall–Kier alpha value is -1.46. The molecule has 1 aromatic heterocycles. The maximum absolute atomic E-state index is 11.6. The molecule has 96 valence electrons. The summed E-state index contributed by atoms with van der Waals surface area (Å²) in [6.07, 6.45) is 1.96. The summed E-state index contributed by atoms with van der Waals surface area (Å²) in [6, 6.07) is 6.13. The minimum Gasteiger partial charge on any atom is -0.365 e. The van der Waals surface area contributed by atoms with Crippen molar-refractivity contribution in [1.82, 2.24) is 14.8 Å². The number of likely N-dealkylation sites (N-methyl/N-ethyl adjacent to an activating group) is 1. The molecule has 2 aliphatic rings. The number of aromatic nitrogens is 1. The fourth-order valence-corrected chi connectivity index (χ4v) is 2.68. The number of carbonyl (C=O) groups is 1. The molecule has 2 aliphatic heterocycles. The van der Waals surface area contributed by atoms with E-state index >= 15 is 0 Å². The summed E-state index contributed by atoms with van der Waals surface area (Å²) in [5, 5.41) is 0. The molecule has 5 nitrogen and oxygen atoms in total. The summed E-state index contributed by atoms with van der Waals surface area (Å²) >= 11 is 0. The first-order valence-corrected chi connectivity index (χ1v) is 6.23. The third kappa shape index (κ3) is 2.11. The Morgan fingerprint density at radius 2 is 2.33 bits per heavy atom. The Kier molecular flexibility index (Phi) is 3.01. The van der Waals surface area contributed by atoms with E-state index in [2.05, 4.69) is 9.88 Å². The molecule has 1 amide bonds. The van der Waals surface area contributed by atoms with Gasteiger partial charge < -0.3 is 9.64 Å². The van der Waals surface area contributed by atoms with Crippen LogP contribution in [0, 0.1) is 0 Å². The highest BCUT2D eigenvalue weighted by molar-refractivity contribution is 5.78. The molecule has 0 N–H and O–H groups in total. The van der Waals surface area contributed by atoms with E-state index in [1.807, 2.05) is 36.3 Å². The van der Waals surface area contributed by atoms with E-state index in [1.54, 1.807) is 0 Å². The smallest absolute Gasteiger partial charge is 0.248 e. The summed E-state index contributed by atoms with van der Waals surface area (Å²) in [6.45, 7) is 2.77. The van der Waals surface area contributed by atoms with Crippen LogP contribution in [0.2, 0.25) is 0 Å². The minimum atomic E-state index is 0.0796. The van der Waals surface area contributed by atoms with Crippen LogP contribution in [0.5, 0.6) is 0 Å². The Bertz CT molecular complexity index is 437. The lowest BCUT2D eigenvalue weighted by molar-refractivity contribution is -0.150. The number of hydrogen-bond acceptors (Lipinski definition) is 4. The van der Waals surface area contributed by atoms with Gasteiger partial charge in [-0.2, -0.15) is 0 Å². The molecule has 0 saturated carbocycles. The van der Waals surface area contributed by atoms with Gasteiger partial charge in [0.15, 0.2) is 0 Å². The van der Waals surface area contributed by atoms with Gasteiger partial charge in [0, 0.05) is 32.9 Å². The summed E-state index contributed by atoms with van der Waals surface area (Å²) in [5.74, 6) is 0.0796. The number of likely N-dealkylation sites (tertiary alicyclic amines) is 1. The van der Waals surface area contributed by atoms with Crippen molar-refractivity contribution >= 4 is 5.91 Å². The molecule has 0 radical (unpaired) electrons. The maximum atomic E-state index is 11.6. The minimum absolute atomic E-state index is 0.0796. The molecule has 0 unspecified atom stereocenters. The number of pyridine rings is 1. The van der Waals surface area contributed by atoms with Gasteiger partial charge in [0.05, 0.1) is 17.8 Å². The molecule has 3 rings (SSSR count). The first-order chi connectivity index (χ1) is 8.74. The van der Waals surface area contributed by atoms with Crippen LogP contribution in [-0.4, -0.2) is 59.6 Å². The average molecular weight is 247 g/mol. The van der Waals surface area contributed by atoms with Crippen LogP contribution in [-0.2, 0) is 16.1 Å². The molecule has 0 spiro atoms. The van der Waals surface area contributed by atoms with E-state index in [0.717, 1.165) is 25.3 Å². The number of amides is 1. The van der Waals surface area contributed by atoms with E-state index in [9.17, 15) is 4.79 Å². The zero-order valence-electron chi connectivity index (χ0n) is 10.5. The number of fused-ring (bicyclic) bond motifs is 1. The predicted octanol–water partition coefficient (Wildman–Crippen LogP) is 0.123. The molecular formula is C13H17N3O2. The Labute approximate surface area is 106 Å². The predicted molar refractivity (Wildman–Crippen MR) is 65.8 cm³/mol. The molecule has 18 heavy (non-hydrogen) atoms. The quantitative estimate of drug-likeness (QED) is 0.745. The van der Waals surface area contributed by atoms with Crippen LogP contribution in [0.4, 0.5) is 0 Å². The molecule has 2 saturated heterocycles. The van der Waals surface area contributed by atoms with Crippen LogP contribution < -0.4 is 0 Å². The molecule has 5 heteroatoms. The lowest BCUT2D eigenvalue weighted by atomic mass is 10.1. The molecule has 0 bridgehead atoms. The Balaban J connectivity index is 1.66. The maximum Gasteiger partial charge on any atom is 0.248 e. The summed E-state index contributed by atoms with van der Waals surface area (Å²) < 4.78 is 5.60. The number of nitrogens with zero attached hydrogens (tertiary/aromatic N) is 3. The number of morpholine rings is 1. The van der Waals surface area contributed by atoms with Crippen molar-refractivity contribution in [3.63, 3.8) is 0 Å². The number of carbonyl (C=O) groups excluding carboxylic acids is 1. The van der Waals surface area contributed by atoms with Crippen LogP contribution in [0.25, 0.3) is 0 Å². The molecule has 1 aromatic rings. The van der Waals surface area contributed by atoms with Gasteiger partial charge in [-0.3, -0.25) is 14.7 Å². The van der Waals surface area contributed by atoms with Gasteiger partial charge in [-0.05, 0) is 12.1 Å². The van der Waals surface area contributed by atoms with Gasteiger partial charge in [0.2, 0.25) is 5.91 Å². The van der Waals surface area contributed by atoms with Crippen LogP contribution >= 0.6 is 0 Å². The van der Waals surface area contributed by atoms with Gasteiger partial charge >= 0.3 is 0 Å². The molecule has 3 heterocycles. The summed E-state index contributed by atoms with van der Waals surface area (Å²) in [7, 11) is 1.87. The van der Waals surface area contributed by atoms with Crippen molar-refractivity contribution in [2.24, 2.45) is 0 Å². The molecule has 2 fully saturated rings. The molecule has 2 atom stereocenters. The van der Waals surface area contributed by atoms with E-state index < -0.39 is 0 Å². The van der Waals surface area contributed by atoms with Crippen molar-refractivity contribution < 1.29 is 9.53 Å². The highest BCUT2D eigenvalue weighted by Crippen LogP contribution is 2.23. The molecule has 0 aromatic carbocycles. The number of ether oxygens (including phenoxy) is 1. The van der Waals surface area contributed by atoms with Gasteiger partial charge in [0.1, 0.15) is 6.61 Å². The first kappa shape index (κ1) is 11.6. The monoisotopic (exact) mass is 247 g/mol. The third-order valence-electron chi connectivity index (χ3n) is 3.74. The van der Waals surface area contributed by atoms with Gasteiger partial charge in [-0.25, -0.2) is 0 Å². The third-order valence-corrected chi connectivity index (χ3v) is 3.74. The highest BCUT2D eigenvalue weighted by atomic mass is 16.5. The highest BCUT2D eigenvalue weighted by Gasteiger charge is 2.41. The van der Waals surface area contributed by atoms with Crippen molar-refractivity contribution in [3.05, 3.63) is 30.1 Å². The largest absolute Gasteiger partial charge is 0.365 e. The van der Waals surface area contributed by atoms with Crippen molar-refractivity contribution in [3.8, 4) is 0 Å². The Morgan fingerprint density at radius 1 is 1.44 bits per heavy atom. The van der Waals surface area contributed by atoms with Gasteiger partial charge in [0.25, 0.3) is 0 Å². The van der Waals surface area contributed by atoms with Gasteiger partial charge in [-0.1, -0.05) is 6.07 Å². The topological polar surface area (TPSA) is 45.7 Å². The zero-order valence-corrected chi connectivity index (χ0v) is 10.5. The van der Waals surface area contributed by atoms with Crippen molar-refractivity contribution in [2.75, 3.05) is 26.7 Å². The lowest BCUT2D eigenvalue weighted by Crippen LogP contribution is -2.51. The van der Waals surface area contributed by atoms with Crippen LogP contribution in [0.3, 0.4) is 0 Å². The Morgan fingerprint density at radius 3 is 3.11 bits per heavy atom. The van der Waals surface area contributed by atoms with Crippen LogP contribution in [0.1, 0.15) is 5.69 Å². The summed E-state index contributed by atoms with van der Waals surface area (Å²) in [4.78, 5) is 20.0.